The van der Waals surface area contributed by atoms with Gasteiger partial charge in [-0.15, -0.1) is 10.2 Å². The number of hydrogen-bond donors (Lipinski definition) is 2. The SMILES string of the molecule is CC(C)c1cc(Cl)nnc1NC[C@@H](C)O. The minimum Gasteiger partial charge on any atom is -0.392 e. The van der Waals surface area contributed by atoms with E-state index in [1.807, 2.05) is 0 Å². The normalized spacial score (nSPS) is 12.9. The van der Waals surface area contributed by atoms with Gasteiger partial charge < -0.3 is 10.4 Å². The van der Waals surface area contributed by atoms with Gasteiger partial charge in [-0.25, -0.2) is 0 Å². The summed E-state index contributed by atoms with van der Waals surface area (Å²) in [6.45, 7) is 6.28. The molecule has 0 aromatic carbocycles. The van der Waals surface area contributed by atoms with E-state index in [0.717, 1.165) is 5.56 Å². The van der Waals surface area contributed by atoms with E-state index in [1.54, 1.807) is 13.0 Å². The molecule has 0 saturated heterocycles. The fourth-order valence-corrected chi connectivity index (χ4v) is 1.36. The Balaban J connectivity index is 2.86. The Labute approximate surface area is 94.7 Å². The van der Waals surface area contributed by atoms with Gasteiger partial charge in [-0.2, -0.15) is 0 Å². The summed E-state index contributed by atoms with van der Waals surface area (Å²) in [6.07, 6.45) is -0.414. The predicted octanol–water partition coefficient (Wildman–Crippen LogP) is 2.05. The molecular weight excluding hydrogens is 214 g/mol. The maximum atomic E-state index is 9.16. The quantitative estimate of drug-likeness (QED) is 0.830. The van der Waals surface area contributed by atoms with E-state index < -0.39 is 6.10 Å². The standard InChI is InChI=1S/C10H16ClN3O/c1-6(2)8-4-9(11)13-14-10(8)12-5-7(3)15/h4,6-7,15H,5H2,1-3H3,(H,12,14)/t7-/m1/s1. The van der Waals surface area contributed by atoms with E-state index in [9.17, 15) is 0 Å². The summed E-state index contributed by atoms with van der Waals surface area (Å²) in [5.41, 5.74) is 1.01. The van der Waals surface area contributed by atoms with Crippen LogP contribution in [0.5, 0.6) is 0 Å². The molecular formula is C10H16ClN3O. The Morgan fingerprint density at radius 2 is 2.07 bits per heavy atom. The Hall–Kier alpha value is -0.870. The third kappa shape index (κ3) is 3.64. The number of nitrogens with zero attached hydrogens (tertiary/aromatic N) is 2. The molecule has 0 fully saturated rings. The smallest absolute Gasteiger partial charge is 0.152 e. The van der Waals surface area contributed by atoms with Crippen molar-refractivity contribution in [3.8, 4) is 0 Å². The van der Waals surface area contributed by atoms with E-state index in [0.29, 0.717) is 23.4 Å². The van der Waals surface area contributed by atoms with Gasteiger partial charge >= 0.3 is 0 Å². The average molecular weight is 230 g/mol. The topological polar surface area (TPSA) is 58.0 Å². The second-order valence-electron chi connectivity index (χ2n) is 3.86. The molecule has 0 aliphatic rings. The molecule has 15 heavy (non-hydrogen) atoms. The first-order chi connectivity index (χ1) is 7.00. The molecule has 5 heteroatoms. The van der Waals surface area contributed by atoms with Crippen LogP contribution in [0.3, 0.4) is 0 Å². The Morgan fingerprint density at radius 3 is 2.60 bits per heavy atom. The molecule has 1 aromatic heterocycles. The first-order valence-corrected chi connectivity index (χ1v) is 5.33. The number of hydrogen-bond acceptors (Lipinski definition) is 4. The Kier molecular flexibility index (Phi) is 4.29. The number of aliphatic hydroxyl groups is 1. The highest BCUT2D eigenvalue weighted by Gasteiger charge is 2.10. The van der Waals surface area contributed by atoms with Crippen molar-refractivity contribution in [3.05, 3.63) is 16.8 Å². The van der Waals surface area contributed by atoms with Gasteiger partial charge in [0.05, 0.1) is 6.10 Å². The van der Waals surface area contributed by atoms with Crippen molar-refractivity contribution in [2.24, 2.45) is 0 Å². The number of aliphatic hydroxyl groups excluding tert-OH is 1. The molecule has 2 N–H and O–H groups in total. The maximum Gasteiger partial charge on any atom is 0.152 e. The minimum atomic E-state index is -0.414. The molecule has 84 valence electrons. The molecule has 0 aliphatic heterocycles. The van der Waals surface area contributed by atoms with Crippen molar-refractivity contribution in [1.82, 2.24) is 10.2 Å². The summed E-state index contributed by atoms with van der Waals surface area (Å²) in [6, 6.07) is 1.80. The van der Waals surface area contributed by atoms with Crippen molar-refractivity contribution in [2.45, 2.75) is 32.8 Å². The van der Waals surface area contributed by atoms with Crippen LogP contribution in [-0.2, 0) is 0 Å². The highest BCUT2D eigenvalue weighted by Crippen LogP contribution is 2.23. The van der Waals surface area contributed by atoms with Gasteiger partial charge in [0.25, 0.3) is 0 Å². The molecule has 1 heterocycles. The van der Waals surface area contributed by atoms with Crippen LogP contribution in [0.2, 0.25) is 5.15 Å². The summed E-state index contributed by atoms with van der Waals surface area (Å²) < 4.78 is 0. The van der Waals surface area contributed by atoms with Crippen LogP contribution in [0.25, 0.3) is 0 Å². The predicted molar refractivity (Wildman–Crippen MR) is 61.3 cm³/mol. The highest BCUT2D eigenvalue weighted by atomic mass is 35.5. The zero-order valence-electron chi connectivity index (χ0n) is 9.16. The molecule has 0 radical (unpaired) electrons. The molecule has 0 spiro atoms. The van der Waals surface area contributed by atoms with Crippen molar-refractivity contribution in [2.75, 3.05) is 11.9 Å². The van der Waals surface area contributed by atoms with Crippen molar-refractivity contribution in [1.29, 1.82) is 0 Å². The van der Waals surface area contributed by atoms with Crippen LogP contribution in [0, 0.1) is 0 Å². The van der Waals surface area contributed by atoms with Crippen molar-refractivity contribution < 1.29 is 5.11 Å². The van der Waals surface area contributed by atoms with Crippen LogP contribution in [0.1, 0.15) is 32.3 Å². The van der Waals surface area contributed by atoms with E-state index in [1.165, 1.54) is 0 Å². The van der Waals surface area contributed by atoms with Gasteiger partial charge in [0.15, 0.2) is 11.0 Å². The van der Waals surface area contributed by atoms with E-state index in [4.69, 9.17) is 16.7 Å². The van der Waals surface area contributed by atoms with Crippen LogP contribution in [0.4, 0.5) is 5.82 Å². The Bertz CT molecular complexity index is 328. The van der Waals surface area contributed by atoms with Crippen LogP contribution in [-0.4, -0.2) is 28.0 Å². The lowest BCUT2D eigenvalue weighted by Gasteiger charge is -2.13. The molecule has 4 nitrogen and oxygen atoms in total. The minimum absolute atomic E-state index is 0.314. The van der Waals surface area contributed by atoms with Crippen LogP contribution >= 0.6 is 11.6 Å². The first-order valence-electron chi connectivity index (χ1n) is 4.95. The summed E-state index contributed by atoms with van der Waals surface area (Å²) in [7, 11) is 0. The third-order valence-electron chi connectivity index (χ3n) is 1.98. The summed E-state index contributed by atoms with van der Waals surface area (Å²) in [5.74, 6) is 1.00. The van der Waals surface area contributed by atoms with Gasteiger partial charge in [-0.05, 0) is 18.9 Å². The van der Waals surface area contributed by atoms with Crippen molar-refractivity contribution in [3.63, 3.8) is 0 Å². The number of halogens is 1. The fourth-order valence-electron chi connectivity index (χ4n) is 1.20. The summed E-state index contributed by atoms with van der Waals surface area (Å²) in [4.78, 5) is 0. The molecule has 0 bridgehead atoms. The van der Waals surface area contributed by atoms with Gasteiger partial charge in [0.2, 0.25) is 0 Å². The van der Waals surface area contributed by atoms with Crippen LogP contribution in [0.15, 0.2) is 6.07 Å². The summed E-state index contributed by atoms with van der Waals surface area (Å²) in [5, 5.41) is 20.3. The van der Waals surface area contributed by atoms with Crippen molar-refractivity contribution >= 4 is 17.4 Å². The molecule has 0 unspecified atom stereocenters. The summed E-state index contributed by atoms with van der Waals surface area (Å²) >= 11 is 5.77. The number of aromatic nitrogens is 2. The largest absolute Gasteiger partial charge is 0.392 e. The molecule has 0 saturated carbocycles. The molecule has 1 atom stereocenters. The van der Waals surface area contributed by atoms with E-state index in [-0.39, 0.29) is 0 Å². The first kappa shape index (κ1) is 12.2. The zero-order valence-corrected chi connectivity index (χ0v) is 9.91. The third-order valence-corrected chi connectivity index (χ3v) is 2.17. The number of nitrogens with one attached hydrogen (secondary N) is 1. The zero-order chi connectivity index (χ0) is 11.4. The monoisotopic (exact) mass is 229 g/mol. The average Bonchev–Trinajstić information content (AvgIpc) is 2.15. The number of rotatable bonds is 4. The Morgan fingerprint density at radius 1 is 1.40 bits per heavy atom. The number of anilines is 1. The fraction of sp³-hybridized carbons (Fsp3) is 0.600. The molecule has 1 rings (SSSR count). The maximum absolute atomic E-state index is 9.16. The highest BCUT2D eigenvalue weighted by molar-refractivity contribution is 6.29. The second-order valence-corrected chi connectivity index (χ2v) is 4.24. The lowest BCUT2D eigenvalue weighted by atomic mass is 10.1. The lowest BCUT2D eigenvalue weighted by molar-refractivity contribution is 0.208. The van der Waals surface area contributed by atoms with E-state index in [2.05, 4.69) is 29.4 Å². The lowest BCUT2D eigenvalue weighted by Crippen LogP contribution is -2.17. The molecule has 1 aromatic rings. The van der Waals surface area contributed by atoms with E-state index >= 15 is 0 Å². The van der Waals surface area contributed by atoms with Gasteiger partial charge in [-0.1, -0.05) is 25.4 Å². The molecule has 0 aliphatic carbocycles. The van der Waals surface area contributed by atoms with Gasteiger partial charge in [-0.3, -0.25) is 0 Å². The van der Waals surface area contributed by atoms with Gasteiger partial charge in [0, 0.05) is 12.1 Å². The van der Waals surface area contributed by atoms with Gasteiger partial charge in [0.1, 0.15) is 0 Å². The second kappa shape index (κ2) is 5.28. The van der Waals surface area contributed by atoms with Crippen LogP contribution < -0.4 is 5.32 Å². The molecule has 0 amide bonds.